The van der Waals surface area contributed by atoms with Gasteiger partial charge in [0.05, 0.1) is 0 Å². The fraction of sp³-hybridized carbons (Fsp3) is 0.111. The summed E-state index contributed by atoms with van der Waals surface area (Å²) in [5.41, 5.74) is 2.42. The third-order valence-corrected chi connectivity index (χ3v) is 2.52. The Labute approximate surface area is 66.0 Å². The average molecular weight is 150 g/mol. The Morgan fingerprint density at radius 3 is 2.40 bits per heavy atom. The summed E-state index contributed by atoms with van der Waals surface area (Å²) in [5.74, 6) is 1.00. The SMILES string of the molecule is C=CC1=C(C=C)C(=C)SC1. The van der Waals surface area contributed by atoms with E-state index in [-0.39, 0.29) is 0 Å². The molecule has 0 N–H and O–H groups in total. The molecule has 0 nitrogen and oxygen atoms in total. The van der Waals surface area contributed by atoms with Crippen LogP contribution in [0.25, 0.3) is 0 Å². The predicted octanol–water partition coefficient (Wildman–Crippen LogP) is 2.92. The molecule has 0 saturated heterocycles. The van der Waals surface area contributed by atoms with Crippen LogP contribution in [0.5, 0.6) is 0 Å². The van der Waals surface area contributed by atoms with E-state index in [2.05, 4.69) is 19.7 Å². The molecule has 1 aliphatic rings. The fourth-order valence-electron chi connectivity index (χ4n) is 0.913. The van der Waals surface area contributed by atoms with Gasteiger partial charge < -0.3 is 0 Å². The summed E-state index contributed by atoms with van der Waals surface area (Å²) in [6.07, 6.45) is 3.72. The van der Waals surface area contributed by atoms with Crippen molar-refractivity contribution in [1.82, 2.24) is 0 Å². The highest BCUT2D eigenvalue weighted by Gasteiger charge is 2.12. The van der Waals surface area contributed by atoms with E-state index in [1.54, 1.807) is 11.8 Å². The first-order valence-corrected chi connectivity index (χ1v) is 4.08. The van der Waals surface area contributed by atoms with Crippen molar-refractivity contribution in [2.45, 2.75) is 0 Å². The number of thioether (sulfide) groups is 1. The number of rotatable bonds is 2. The first-order valence-electron chi connectivity index (χ1n) is 3.09. The second kappa shape index (κ2) is 2.93. The van der Waals surface area contributed by atoms with Gasteiger partial charge in [0, 0.05) is 10.7 Å². The molecule has 0 aromatic rings. The van der Waals surface area contributed by atoms with E-state index in [9.17, 15) is 0 Å². The molecular weight excluding hydrogens is 140 g/mol. The maximum Gasteiger partial charge on any atom is 0.0238 e. The molecular formula is C9H10S. The first kappa shape index (κ1) is 7.42. The van der Waals surface area contributed by atoms with E-state index in [0.29, 0.717) is 0 Å². The molecule has 1 rings (SSSR count). The van der Waals surface area contributed by atoms with Crippen LogP contribution in [0.1, 0.15) is 0 Å². The van der Waals surface area contributed by atoms with Gasteiger partial charge in [-0.3, -0.25) is 0 Å². The van der Waals surface area contributed by atoms with Crippen molar-refractivity contribution < 1.29 is 0 Å². The molecule has 1 heterocycles. The lowest BCUT2D eigenvalue weighted by Gasteiger charge is -1.93. The quantitative estimate of drug-likeness (QED) is 0.583. The molecule has 0 radical (unpaired) electrons. The van der Waals surface area contributed by atoms with E-state index < -0.39 is 0 Å². The lowest BCUT2D eigenvalue weighted by Crippen LogP contribution is -1.77. The normalized spacial score (nSPS) is 17.8. The lowest BCUT2D eigenvalue weighted by atomic mass is 10.1. The molecule has 0 saturated carbocycles. The molecule has 52 valence electrons. The van der Waals surface area contributed by atoms with Crippen LogP contribution in [0, 0.1) is 0 Å². The highest BCUT2D eigenvalue weighted by atomic mass is 32.2. The van der Waals surface area contributed by atoms with Gasteiger partial charge in [-0.15, -0.1) is 11.8 Å². The third kappa shape index (κ3) is 1.09. The van der Waals surface area contributed by atoms with Gasteiger partial charge in [0.15, 0.2) is 0 Å². The summed E-state index contributed by atoms with van der Waals surface area (Å²) in [4.78, 5) is 1.12. The Hall–Kier alpha value is -0.690. The second-order valence-electron chi connectivity index (χ2n) is 2.06. The van der Waals surface area contributed by atoms with Crippen molar-refractivity contribution >= 4 is 11.8 Å². The van der Waals surface area contributed by atoms with Crippen LogP contribution in [0.2, 0.25) is 0 Å². The minimum absolute atomic E-state index is 1.00. The molecule has 0 aliphatic carbocycles. The number of hydrogen-bond donors (Lipinski definition) is 0. The van der Waals surface area contributed by atoms with E-state index in [1.165, 1.54) is 11.1 Å². The minimum Gasteiger partial charge on any atom is -0.121 e. The van der Waals surface area contributed by atoms with Gasteiger partial charge in [-0.1, -0.05) is 31.9 Å². The maximum absolute atomic E-state index is 3.89. The molecule has 10 heavy (non-hydrogen) atoms. The Morgan fingerprint density at radius 2 is 2.00 bits per heavy atom. The maximum atomic E-state index is 3.89. The summed E-state index contributed by atoms with van der Waals surface area (Å²) in [6.45, 7) is 11.3. The van der Waals surface area contributed by atoms with Crippen LogP contribution in [-0.4, -0.2) is 5.75 Å². The zero-order valence-corrected chi connectivity index (χ0v) is 6.71. The number of allylic oxidation sites excluding steroid dienone is 3. The summed E-state index contributed by atoms with van der Waals surface area (Å²) >= 11 is 1.75. The Kier molecular flexibility index (Phi) is 2.17. The van der Waals surface area contributed by atoms with Crippen molar-refractivity contribution in [1.29, 1.82) is 0 Å². The minimum atomic E-state index is 1.00. The molecule has 0 bridgehead atoms. The molecule has 0 amide bonds. The van der Waals surface area contributed by atoms with Crippen molar-refractivity contribution in [2.24, 2.45) is 0 Å². The zero-order chi connectivity index (χ0) is 7.56. The smallest absolute Gasteiger partial charge is 0.0238 e. The second-order valence-corrected chi connectivity index (χ2v) is 3.13. The van der Waals surface area contributed by atoms with E-state index >= 15 is 0 Å². The summed E-state index contributed by atoms with van der Waals surface area (Å²) in [7, 11) is 0. The van der Waals surface area contributed by atoms with Gasteiger partial charge in [0.25, 0.3) is 0 Å². The molecule has 1 heteroatoms. The fourth-order valence-corrected chi connectivity index (χ4v) is 1.89. The third-order valence-electron chi connectivity index (χ3n) is 1.50. The topological polar surface area (TPSA) is 0 Å². The predicted molar refractivity (Wildman–Crippen MR) is 49.0 cm³/mol. The van der Waals surface area contributed by atoms with Crippen LogP contribution < -0.4 is 0 Å². The van der Waals surface area contributed by atoms with Crippen LogP contribution in [0.4, 0.5) is 0 Å². The molecule has 1 aliphatic heterocycles. The van der Waals surface area contributed by atoms with Gasteiger partial charge in [-0.25, -0.2) is 0 Å². The summed E-state index contributed by atoms with van der Waals surface area (Å²) < 4.78 is 0. The molecule has 0 aromatic carbocycles. The van der Waals surface area contributed by atoms with Crippen LogP contribution in [0.3, 0.4) is 0 Å². The van der Waals surface area contributed by atoms with Crippen LogP contribution >= 0.6 is 11.8 Å². The van der Waals surface area contributed by atoms with Crippen molar-refractivity contribution in [3.05, 3.63) is 47.9 Å². The van der Waals surface area contributed by atoms with Crippen molar-refractivity contribution in [2.75, 3.05) is 5.75 Å². The number of hydrogen-bond acceptors (Lipinski definition) is 1. The summed E-state index contributed by atoms with van der Waals surface area (Å²) in [6, 6.07) is 0. The van der Waals surface area contributed by atoms with Crippen molar-refractivity contribution in [3.63, 3.8) is 0 Å². The Morgan fingerprint density at radius 1 is 1.30 bits per heavy atom. The average Bonchev–Trinajstić information content (AvgIpc) is 2.30. The zero-order valence-electron chi connectivity index (χ0n) is 5.89. The van der Waals surface area contributed by atoms with Gasteiger partial charge in [0.2, 0.25) is 0 Å². The summed E-state index contributed by atoms with van der Waals surface area (Å²) in [5, 5.41) is 0. The van der Waals surface area contributed by atoms with Gasteiger partial charge >= 0.3 is 0 Å². The Bertz CT molecular complexity index is 221. The monoisotopic (exact) mass is 150 g/mol. The van der Waals surface area contributed by atoms with Crippen LogP contribution in [-0.2, 0) is 0 Å². The lowest BCUT2D eigenvalue weighted by molar-refractivity contribution is 1.52. The van der Waals surface area contributed by atoms with E-state index in [1.807, 2.05) is 12.2 Å². The molecule has 0 unspecified atom stereocenters. The van der Waals surface area contributed by atoms with Gasteiger partial charge in [0.1, 0.15) is 0 Å². The molecule has 0 atom stereocenters. The largest absolute Gasteiger partial charge is 0.121 e. The molecule has 0 spiro atoms. The highest BCUT2D eigenvalue weighted by Crippen LogP contribution is 2.35. The van der Waals surface area contributed by atoms with E-state index in [0.717, 1.165) is 10.7 Å². The molecule has 0 fully saturated rings. The van der Waals surface area contributed by atoms with Crippen molar-refractivity contribution in [3.8, 4) is 0 Å². The first-order chi connectivity index (χ1) is 4.79. The van der Waals surface area contributed by atoms with Gasteiger partial charge in [-0.05, 0) is 11.1 Å². The Balaban J connectivity index is 3.02. The molecule has 0 aromatic heterocycles. The van der Waals surface area contributed by atoms with Crippen LogP contribution in [0.15, 0.2) is 47.9 Å². The highest BCUT2D eigenvalue weighted by molar-refractivity contribution is 8.03. The standard InChI is InChI=1S/C9H10S/c1-4-8-6-10-7(3)9(8)5-2/h4-5H,1-3,6H2. The van der Waals surface area contributed by atoms with Gasteiger partial charge in [-0.2, -0.15) is 0 Å². The van der Waals surface area contributed by atoms with E-state index in [4.69, 9.17) is 0 Å².